The molecule has 5 heteroatoms. The predicted octanol–water partition coefficient (Wildman–Crippen LogP) is 3.90. The summed E-state index contributed by atoms with van der Waals surface area (Å²) in [5.41, 5.74) is 0.898. The maximum absolute atomic E-state index is 13.1. The summed E-state index contributed by atoms with van der Waals surface area (Å²) in [4.78, 5) is 0.493. The molecule has 2 aromatic rings. The molecule has 0 amide bonds. The molecule has 0 aliphatic rings. The largest absolute Gasteiger partial charge is 0.496 e. The van der Waals surface area contributed by atoms with Crippen molar-refractivity contribution in [2.24, 2.45) is 0 Å². The number of halogens is 2. The first-order valence-corrected chi connectivity index (χ1v) is 7.67. The third-order valence-corrected chi connectivity index (χ3v) is 4.57. The molecule has 0 saturated carbocycles. The molecule has 100 valence electrons. The Labute approximate surface area is 122 Å². The minimum Gasteiger partial charge on any atom is -0.496 e. The molecule has 0 heterocycles. The Morgan fingerprint density at radius 3 is 2.68 bits per heavy atom. The molecule has 0 spiro atoms. The van der Waals surface area contributed by atoms with Gasteiger partial charge >= 0.3 is 0 Å². The molecule has 0 N–H and O–H groups in total. The van der Waals surface area contributed by atoms with Crippen molar-refractivity contribution in [2.75, 3.05) is 7.11 Å². The van der Waals surface area contributed by atoms with Crippen LogP contribution in [0.5, 0.6) is 5.75 Å². The zero-order valence-electron chi connectivity index (χ0n) is 10.2. The van der Waals surface area contributed by atoms with Gasteiger partial charge < -0.3 is 4.74 Å². The van der Waals surface area contributed by atoms with Crippen LogP contribution in [0.1, 0.15) is 5.56 Å². The van der Waals surface area contributed by atoms with Gasteiger partial charge in [0.2, 0.25) is 0 Å². The molecule has 0 fully saturated rings. The Balaban J connectivity index is 2.17. The van der Waals surface area contributed by atoms with Crippen LogP contribution >= 0.6 is 15.9 Å². The molecule has 19 heavy (non-hydrogen) atoms. The first-order valence-electron chi connectivity index (χ1n) is 5.56. The molecule has 0 radical (unpaired) electrons. The highest BCUT2D eigenvalue weighted by Crippen LogP contribution is 2.26. The van der Waals surface area contributed by atoms with Gasteiger partial charge in [0, 0.05) is 4.90 Å². The van der Waals surface area contributed by atoms with Crippen molar-refractivity contribution in [1.82, 2.24) is 0 Å². The van der Waals surface area contributed by atoms with E-state index in [4.69, 9.17) is 4.74 Å². The molecule has 0 saturated heterocycles. The minimum atomic E-state index is -1.26. The third-order valence-electron chi connectivity index (χ3n) is 2.57. The fraction of sp³-hybridized carbons (Fsp3) is 0.143. The van der Waals surface area contributed by atoms with E-state index in [0.717, 1.165) is 15.8 Å². The van der Waals surface area contributed by atoms with E-state index < -0.39 is 10.8 Å². The lowest BCUT2D eigenvalue weighted by Gasteiger charge is -2.06. The number of benzene rings is 2. The SMILES string of the molecule is COc1ccc(CS(=O)c2cccc(F)c2)cc1Br. The Kier molecular flexibility index (Phi) is 4.71. The normalized spacial score (nSPS) is 12.2. The summed E-state index contributed by atoms with van der Waals surface area (Å²) in [5, 5.41) is 0. The molecular formula is C14H12BrFO2S. The number of rotatable bonds is 4. The molecule has 0 aliphatic heterocycles. The fourth-order valence-corrected chi connectivity index (χ4v) is 3.35. The summed E-state index contributed by atoms with van der Waals surface area (Å²) in [6, 6.07) is 11.4. The van der Waals surface area contributed by atoms with Crippen molar-refractivity contribution in [3.05, 3.63) is 58.3 Å². The highest BCUT2D eigenvalue weighted by Gasteiger charge is 2.08. The molecule has 0 bridgehead atoms. The van der Waals surface area contributed by atoms with Crippen molar-refractivity contribution in [2.45, 2.75) is 10.6 Å². The van der Waals surface area contributed by atoms with E-state index >= 15 is 0 Å². The van der Waals surface area contributed by atoms with Crippen LogP contribution in [0.25, 0.3) is 0 Å². The monoisotopic (exact) mass is 342 g/mol. The summed E-state index contributed by atoms with van der Waals surface area (Å²) in [6.07, 6.45) is 0. The van der Waals surface area contributed by atoms with Gasteiger partial charge in [0.15, 0.2) is 0 Å². The van der Waals surface area contributed by atoms with Gasteiger partial charge in [0.05, 0.1) is 28.1 Å². The molecule has 1 unspecified atom stereocenters. The zero-order chi connectivity index (χ0) is 13.8. The van der Waals surface area contributed by atoms with E-state index in [9.17, 15) is 8.60 Å². The third kappa shape index (κ3) is 3.64. The number of hydrogen-bond acceptors (Lipinski definition) is 2. The smallest absolute Gasteiger partial charge is 0.133 e. The van der Waals surface area contributed by atoms with Crippen LogP contribution in [0, 0.1) is 5.82 Å². The summed E-state index contributed by atoms with van der Waals surface area (Å²) in [7, 11) is 0.325. The summed E-state index contributed by atoms with van der Waals surface area (Å²) >= 11 is 3.38. The molecule has 0 aromatic heterocycles. The first kappa shape index (κ1) is 14.2. The predicted molar refractivity (Wildman–Crippen MR) is 77.2 cm³/mol. The van der Waals surface area contributed by atoms with Gasteiger partial charge in [-0.3, -0.25) is 4.21 Å². The van der Waals surface area contributed by atoms with Gasteiger partial charge in [-0.25, -0.2) is 4.39 Å². The van der Waals surface area contributed by atoms with E-state index in [1.807, 2.05) is 18.2 Å². The molecule has 1 atom stereocenters. The Morgan fingerprint density at radius 1 is 1.26 bits per heavy atom. The average Bonchev–Trinajstić information content (AvgIpc) is 2.39. The standard InChI is InChI=1S/C14H12BrFO2S/c1-18-14-6-5-10(7-13(14)15)9-19(17)12-4-2-3-11(16)8-12/h2-8H,9H2,1H3. The fourth-order valence-electron chi connectivity index (χ4n) is 1.64. The van der Waals surface area contributed by atoms with Crippen molar-refractivity contribution in [3.63, 3.8) is 0 Å². The zero-order valence-corrected chi connectivity index (χ0v) is 12.6. The van der Waals surface area contributed by atoms with Crippen LogP contribution < -0.4 is 4.74 Å². The lowest BCUT2D eigenvalue weighted by atomic mass is 10.2. The van der Waals surface area contributed by atoms with Gasteiger partial charge in [0.1, 0.15) is 11.6 Å². The van der Waals surface area contributed by atoms with Crippen molar-refractivity contribution in [1.29, 1.82) is 0 Å². The highest BCUT2D eigenvalue weighted by molar-refractivity contribution is 9.10. The summed E-state index contributed by atoms with van der Waals surface area (Å²) in [6.45, 7) is 0. The summed E-state index contributed by atoms with van der Waals surface area (Å²) < 4.78 is 31.1. The molecule has 2 nitrogen and oxygen atoms in total. The Morgan fingerprint density at radius 2 is 2.05 bits per heavy atom. The van der Waals surface area contributed by atoms with Crippen molar-refractivity contribution >= 4 is 26.7 Å². The van der Waals surface area contributed by atoms with Gasteiger partial charge in [-0.15, -0.1) is 0 Å². The van der Waals surface area contributed by atoms with Crippen LogP contribution in [0.4, 0.5) is 4.39 Å². The number of hydrogen-bond donors (Lipinski definition) is 0. The summed E-state index contributed by atoms with van der Waals surface area (Å²) in [5.74, 6) is 0.688. The van der Waals surface area contributed by atoms with Gasteiger partial charge in [-0.05, 0) is 51.8 Å². The molecule has 0 aliphatic carbocycles. The Hall–Kier alpha value is -1.20. The maximum Gasteiger partial charge on any atom is 0.133 e. The highest BCUT2D eigenvalue weighted by atomic mass is 79.9. The number of methoxy groups -OCH3 is 1. The maximum atomic E-state index is 13.1. The second kappa shape index (κ2) is 6.30. The molecular weight excluding hydrogens is 331 g/mol. The van der Waals surface area contributed by atoms with Gasteiger partial charge in [-0.1, -0.05) is 12.1 Å². The van der Waals surface area contributed by atoms with Crippen molar-refractivity contribution < 1.29 is 13.3 Å². The minimum absolute atomic E-state index is 0.339. The topological polar surface area (TPSA) is 26.3 Å². The molecule has 2 rings (SSSR count). The number of ether oxygens (including phenoxy) is 1. The van der Waals surface area contributed by atoms with E-state index in [-0.39, 0.29) is 5.82 Å². The van der Waals surface area contributed by atoms with Crippen LogP contribution in [0.15, 0.2) is 51.8 Å². The van der Waals surface area contributed by atoms with E-state index in [1.54, 1.807) is 19.2 Å². The van der Waals surface area contributed by atoms with Crippen LogP contribution in [0.3, 0.4) is 0 Å². The lowest BCUT2D eigenvalue weighted by Crippen LogP contribution is -1.97. The second-order valence-electron chi connectivity index (χ2n) is 3.92. The van der Waals surface area contributed by atoms with Crippen LogP contribution in [-0.2, 0) is 16.6 Å². The lowest BCUT2D eigenvalue weighted by molar-refractivity contribution is 0.412. The first-order chi connectivity index (χ1) is 9.10. The van der Waals surface area contributed by atoms with E-state index in [2.05, 4.69) is 15.9 Å². The van der Waals surface area contributed by atoms with Crippen molar-refractivity contribution in [3.8, 4) is 5.75 Å². The van der Waals surface area contributed by atoms with Crippen LogP contribution in [0.2, 0.25) is 0 Å². The van der Waals surface area contributed by atoms with E-state index in [0.29, 0.717) is 10.6 Å². The molecule has 2 aromatic carbocycles. The quantitative estimate of drug-likeness (QED) is 0.842. The van der Waals surface area contributed by atoms with Gasteiger partial charge in [-0.2, -0.15) is 0 Å². The average molecular weight is 343 g/mol. The van der Waals surface area contributed by atoms with E-state index in [1.165, 1.54) is 12.1 Å². The Bertz CT molecular complexity index is 616. The second-order valence-corrected chi connectivity index (χ2v) is 6.22. The van der Waals surface area contributed by atoms with Crippen LogP contribution in [-0.4, -0.2) is 11.3 Å². The van der Waals surface area contributed by atoms with Gasteiger partial charge in [0.25, 0.3) is 0 Å².